The van der Waals surface area contributed by atoms with Gasteiger partial charge in [0.1, 0.15) is 13.2 Å². The van der Waals surface area contributed by atoms with Crippen molar-refractivity contribution in [3.8, 4) is 23.0 Å². The van der Waals surface area contributed by atoms with E-state index >= 15 is 0 Å². The van der Waals surface area contributed by atoms with Crippen molar-refractivity contribution in [2.75, 3.05) is 34.0 Å². The number of fused-ring (bicyclic) bond motifs is 2. The second kappa shape index (κ2) is 10.4. The Morgan fingerprint density at radius 1 is 1.06 bits per heavy atom. The molecule has 8 heteroatoms. The zero-order valence-electron chi connectivity index (χ0n) is 19.6. The molecule has 0 aliphatic carbocycles. The lowest BCUT2D eigenvalue weighted by Crippen LogP contribution is -2.35. The molecule has 0 unspecified atom stereocenters. The van der Waals surface area contributed by atoms with Gasteiger partial charge in [-0.05, 0) is 49.6 Å². The van der Waals surface area contributed by atoms with Crippen LogP contribution in [0.25, 0.3) is 6.08 Å². The Balaban J connectivity index is 1.42. The van der Waals surface area contributed by atoms with E-state index in [0.717, 1.165) is 24.9 Å². The first-order chi connectivity index (χ1) is 16.5. The van der Waals surface area contributed by atoms with Crippen LogP contribution in [0.5, 0.6) is 23.0 Å². The quantitative estimate of drug-likeness (QED) is 0.411. The van der Waals surface area contributed by atoms with E-state index in [1.165, 1.54) is 13.0 Å². The number of benzene rings is 2. The highest BCUT2D eigenvalue weighted by Crippen LogP contribution is 2.38. The van der Waals surface area contributed by atoms with E-state index in [2.05, 4.69) is 4.99 Å². The Morgan fingerprint density at radius 2 is 1.79 bits per heavy atom. The van der Waals surface area contributed by atoms with Gasteiger partial charge in [-0.2, -0.15) is 0 Å². The smallest absolute Gasteiger partial charge is 0.256 e. The summed E-state index contributed by atoms with van der Waals surface area (Å²) in [5.41, 5.74) is 1.93. The van der Waals surface area contributed by atoms with Gasteiger partial charge >= 0.3 is 0 Å². The summed E-state index contributed by atoms with van der Waals surface area (Å²) in [5.74, 6) is 2.03. The second-order valence-corrected chi connectivity index (χ2v) is 8.06. The van der Waals surface area contributed by atoms with Crippen molar-refractivity contribution in [3.05, 3.63) is 47.5 Å². The van der Waals surface area contributed by atoms with Crippen LogP contribution in [-0.4, -0.2) is 62.8 Å². The highest BCUT2D eigenvalue weighted by molar-refractivity contribution is 6.03. The minimum Gasteiger partial charge on any atom is -0.493 e. The fourth-order valence-electron chi connectivity index (χ4n) is 4.04. The Labute approximate surface area is 198 Å². The molecular weight excluding hydrogens is 436 g/mol. The number of methoxy groups -OCH3 is 2. The average molecular weight is 465 g/mol. The van der Waals surface area contributed by atoms with Gasteiger partial charge < -0.3 is 23.8 Å². The first-order valence-electron chi connectivity index (χ1n) is 11.2. The molecule has 2 aromatic rings. The third-order valence-electron chi connectivity index (χ3n) is 5.75. The van der Waals surface area contributed by atoms with E-state index in [-0.39, 0.29) is 30.9 Å². The van der Waals surface area contributed by atoms with E-state index in [1.54, 1.807) is 44.6 Å². The Bertz CT molecular complexity index is 1140. The van der Waals surface area contributed by atoms with Crippen LogP contribution in [0.1, 0.15) is 35.7 Å². The summed E-state index contributed by atoms with van der Waals surface area (Å²) in [6.07, 6.45) is 6.98. The van der Waals surface area contributed by atoms with Gasteiger partial charge in [-0.15, -0.1) is 0 Å². The minimum atomic E-state index is -0.0307. The SMILES string of the molecule is COc1cc(/C=C/C(C)=O)ccc1OCCOc1cc2c(cc1OC)C(=O)N1CCC[C@@H]1C=N2. The summed E-state index contributed by atoms with van der Waals surface area (Å²) in [6, 6.07) is 8.90. The number of allylic oxidation sites excluding steroid dienone is 1. The summed E-state index contributed by atoms with van der Waals surface area (Å²) in [7, 11) is 3.10. The molecular formula is C26H28N2O6. The van der Waals surface area contributed by atoms with Crippen LogP contribution >= 0.6 is 0 Å². The molecule has 1 fully saturated rings. The third-order valence-corrected chi connectivity index (χ3v) is 5.75. The van der Waals surface area contributed by atoms with E-state index in [1.807, 2.05) is 17.2 Å². The molecule has 8 nitrogen and oxygen atoms in total. The van der Waals surface area contributed by atoms with E-state index in [4.69, 9.17) is 18.9 Å². The third kappa shape index (κ3) is 5.06. The number of ether oxygens (including phenoxy) is 4. The van der Waals surface area contributed by atoms with Crippen LogP contribution in [0, 0.1) is 0 Å². The summed E-state index contributed by atoms with van der Waals surface area (Å²) >= 11 is 0. The summed E-state index contributed by atoms with van der Waals surface area (Å²) < 4.78 is 22.6. The zero-order chi connectivity index (χ0) is 24.1. The number of nitrogens with zero attached hydrogens (tertiary/aromatic N) is 2. The molecule has 1 atom stereocenters. The number of carbonyl (C=O) groups excluding carboxylic acids is 2. The van der Waals surface area contributed by atoms with Crippen LogP contribution in [0.15, 0.2) is 41.4 Å². The number of carbonyl (C=O) groups is 2. The van der Waals surface area contributed by atoms with Crippen molar-refractivity contribution in [1.82, 2.24) is 4.90 Å². The number of hydrogen-bond acceptors (Lipinski definition) is 7. The van der Waals surface area contributed by atoms with Crippen LogP contribution in [0.3, 0.4) is 0 Å². The van der Waals surface area contributed by atoms with Gasteiger partial charge in [-0.3, -0.25) is 14.6 Å². The van der Waals surface area contributed by atoms with Gasteiger partial charge in [-0.25, -0.2) is 0 Å². The maximum Gasteiger partial charge on any atom is 0.256 e. The van der Waals surface area contributed by atoms with Crippen LogP contribution < -0.4 is 18.9 Å². The van der Waals surface area contributed by atoms with Crippen LogP contribution in [-0.2, 0) is 4.79 Å². The van der Waals surface area contributed by atoms with Gasteiger partial charge in [0.25, 0.3) is 5.91 Å². The molecule has 0 bridgehead atoms. The number of amides is 1. The van der Waals surface area contributed by atoms with E-state index < -0.39 is 0 Å². The molecule has 1 saturated heterocycles. The predicted molar refractivity (Wildman–Crippen MR) is 129 cm³/mol. The van der Waals surface area contributed by atoms with Gasteiger partial charge in [0.2, 0.25) is 0 Å². The standard InChI is InChI=1S/C26H28N2O6/c1-17(29)6-7-18-8-9-22(23(13-18)31-2)33-11-12-34-25-15-21-20(14-24(25)32-3)26(30)28-10-4-5-19(28)16-27-21/h6-9,13-16,19H,4-5,10-12H2,1-3H3/b7-6+/t19-/m1/s1. The molecule has 0 radical (unpaired) electrons. The maximum atomic E-state index is 13.0. The highest BCUT2D eigenvalue weighted by atomic mass is 16.5. The molecule has 0 aromatic heterocycles. The van der Waals surface area contributed by atoms with Crippen molar-refractivity contribution in [2.24, 2.45) is 4.99 Å². The van der Waals surface area contributed by atoms with Crippen molar-refractivity contribution in [1.29, 1.82) is 0 Å². The predicted octanol–water partition coefficient (Wildman–Crippen LogP) is 4.08. The van der Waals surface area contributed by atoms with Gasteiger partial charge in [0.15, 0.2) is 28.8 Å². The molecule has 2 heterocycles. The summed E-state index contributed by atoms with van der Waals surface area (Å²) in [4.78, 5) is 30.5. The average Bonchev–Trinajstić information content (AvgIpc) is 3.27. The van der Waals surface area contributed by atoms with Crippen molar-refractivity contribution in [3.63, 3.8) is 0 Å². The number of rotatable bonds is 9. The highest BCUT2D eigenvalue weighted by Gasteiger charge is 2.32. The molecule has 1 amide bonds. The molecule has 4 rings (SSSR count). The topological polar surface area (TPSA) is 86.7 Å². The lowest BCUT2D eigenvalue weighted by molar-refractivity contribution is -0.112. The minimum absolute atomic E-state index is 0.0277. The molecule has 178 valence electrons. The Morgan fingerprint density at radius 3 is 2.53 bits per heavy atom. The number of hydrogen-bond donors (Lipinski definition) is 0. The first kappa shape index (κ1) is 23.4. The van der Waals surface area contributed by atoms with Crippen LogP contribution in [0.4, 0.5) is 5.69 Å². The molecule has 2 aliphatic rings. The molecule has 2 aliphatic heterocycles. The Kier molecular flexibility index (Phi) is 7.15. The number of ketones is 1. The molecule has 0 N–H and O–H groups in total. The largest absolute Gasteiger partial charge is 0.493 e. The zero-order valence-corrected chi connectivity index (χ0v) is 19.6. The molecule has 0 saturated carbocycles. The first-order valence-corrected chi connectivity index (χ1v) is 11.2. The maximum absolute atomic E-state index is 13.0. The van der Waals surface area contributed by atoms with Crippen LogP contribution in [0.2, 0.25) is 0 Å². The lowest BCUT2D eigenvalue weighted by atomic mass is 10.1. The lowest BCUT2D eigenvalue weighted by Gasteiger charge is -2.20. The fraction of sp³-hybridized carbons (Fsp3) is 0.346. The summed E-state index contributed by atoms with van der Waals surface area (Å²) in [6.45, 7) is 2.75. The monoisotopic (exact) mass is 464 g/mol. The molecule has 0 spiro atoms. The summed E-state index contributed by atoms with van der Waals surface area (Å²) in [5, 5.41) is 0. The van der Waals surface area contributed by atoms with Crippen molar-refractivity contribution >= 4 is 29.7 Å². The second-order valence-electron chi connectivity index (χ2n) is 8.06. The fourth-order valence-corrected chi connectivity index (χ4v) is 4.04. The van der Waals surface area contributed by atoms with E-state index in [9.17, 15) is 9.59 Å². The molecule has 2 aromatic carbocycles. The number of aliphatic imine (C=N–C) groups is 1. The van der Waals surface area contributed by atoms with Crippen molar-refractivity contribution < 1.29 is 28.5 Å². The van der Waals surface area contributed by atoms with Gasteiger partial charge in [0, 0.05) is 18.8 Å². The van der Waals surface area contributed by atoms with Crippen molar-refractivity contribution in [2.45, 2.75) is 25.8 Å². The van der Waals surface area contributed by atoms with Gasteiger partial charge in [0.05, 0.1) is 31.5 Å². The molecule has 34 heavy (non-hydrogen) atoms. The van der Waals surface area contributed by atoms with E-state index in [0.29, 0.717) is 34.2 Å². The van der Waals surface area contributed by atoms with Gasteiger partial charge in [-0.1, -0.05) is 12.1 Å². The Hall–Kier alpha value is -3.81. The normalized spacial score (nSPS) is 16.7.